The van der Waals surface area contributed by atoms with Gasteiger partial charge in [0, 0.05) is 30.5 Å². The minimum atomic E-state index is -0.298. The van der Waals surface area contributed by atoms with E-state index in [4.69, 9.17) is 4.74 Å². The highest BCUT2D eigenvalue weighted by Crippen LogP contribution is 2.20. The van der Waals surface area contributed by atoms with Crippen molar-refractivity contribution < 1.29 is 9.53 Å². The smallest absolute Gasteiger partial charge is 0.275 e. The molecule has 3 aromatic rings. The summed E-state index contributed by atoms with van der Waals surface area (Å²) < 4.78 is 5.37. The van der Waals surface area contributed by atoms with Gasteiger partial charge in [-0.2, -0.15) is 0 Å². The van der Waals surface area contributed by atoms with Gasteiger partial charge in [0.15, 0.2) is 0 Å². The number of aromatic nitrogens is 3. The van der Waals surface area contributed by atoms with E-state index < -0.39 is 0 Å². The second-order valence-corrected chi connectivity index (χ2v) is 6.11. The van der Waals surface area contributed by atoms with E-state index in [-0.39, 0.29) is 11.6 Å². The molecule has 0 saturated carbocycles. The van der Waals surface area contributed by atoms with E-state index in [1.165, 1.54) is 6.20 Å². The standard InChI is InChI=1S/C20H19N5O2/c26-20(23-16-4-2-1-3-5-16)18-14-21-13-17(24-18)15-6-7-19(22-12-15)25-8-10-27-11-9-25/h1-7,12-14H,8-11H2,(H,23,26). The maximum absolute atomic E-state index is 12.4. The number of rotatable bonds is 4. The van der Waals surface area contributed by atoms with Gasteiger partial charge in [-0.05, 0) is 24.3 Å². The number of amides is 1. The van der Waals surface area contributed by atoms with Gasteiger partial charge in [0.2, 0.25) is 0 Å². The Hall–Kier alpha value is -3.32. The fourth-order valence-electron chi connectivity index (χ4n) is 2.85. The van der Waals surface area contributed by atoms with Gasteiger partial charge in [-0.15, -0.1) is 0 Å². The number of pyridine rings is 1. The van der Waals surface area contributed by atoms with Gasteiger partial charge in [0.05, 0.1) is 31.3 Å². The summed E-state index contributed by atoms with van der Waals surface area (Å²) in [6.45, 7) is 3.10. The molecule has 0 unspecified atom stereocenters. The molecule has 1 N–H and O–H groups in total. The zero-order valence-electron chi connectivity index (χ0n) is 14.7. The molecule has 3 heterocycles. The van der Waals surface area contributed by atoms with E-state index in [2.05, 4.69) is 25.2 Å². The summed E-state index contributed by atoms with van der Waals surface area (Å²) in [5.41, 5.74) is 2.39. The summed E-state index contributed by atoms with van der Waals surface area (Å²) in [4.78, 5) is 27.7. The molecule has 0 spiro atoms. The van der Waals surface area contributed by atoms with E-state index in [1.807, 2.05) is 42.5 Å². The number of benzene rings is 1. The Kier molecular flexibility index (Phi) is 5.02. The molecule has 0 atom stereocenters. The SMILES string of the molecule is O=C(Nc1ccccc1)c1cncc(-c2ccc(N3CCOCC3)nc2)n1. The van der Waals surface area contributed by atoms with Crippen LogP contribution in [0.3, 0.4) is 0 Å². The molecule has 1 aromatic carbocycles. The Balaban J connectivity index is 1.51. The summed E-state index contributed by atoms with van der Waals surface area (Å²) in [6, 6.07) is 13.2. The molecule has 2 aromatic heterocycles. The van der Waals surface area contributed by atoms with Gasteiger partial charge in [-0.1, -0.05) is 18.2 Å². The third kappa shape index (κ3) is 4.09. The number of nitrogens with one attached hydrogen (secondary N) is 1. The summed E-state index contributed by atoms with van der Waals surface area (Å²) in [5, 5.41) is 2.81. The zero-order valence-corrected chi connectivity index (χ0v) is 14.7. The van der Waals surface area contributed by atoms with Crippen molar-refractivity contribution >= 4 is 17.4 Å². The molecule has 4 rings (SSSR count). The van der Waals surface area contributed by atoms with Crippen LogP contribution in [0.15, 0.2) is 61.1 Å². The first-order valence-electron chi connectivity index (χ1n) is 8.77. The van der Waals surface area contributed by atoms with Crippen LogP contribution >= 0.6 is 0 Å². The van der Waals surface area contributed by atoms with Crippen LogP contribution in [0.4, 0.5) is 11.5 Å². The first kappa shape index (κ1) is 17.1. The Bertz CT molecular complexity index is 909. The number of carbonyl (C=O) groups is 1. The molecule has 136 valence electrons. The van der Waals surface area contributed by atoms with Gasteiger partial charge in [0.25, 0.3) is 5.91 Å². The lowest BCUT2D eigenvalue weighted by atomic mass is 10.2. The molecule has 1 aliphatic heterocycles. The number of anilines is 2. The van der Waals surface area contributed by atoms with Gasteiger partial charge in [-0.3, -0.25) is 9.78 Å². The number of carbonyl (C=O) groups excluding carboxylic acids is 1. The van der Waals surface area contributed by atoms with Crippen LogP contribution in [0.2, 0.25) is 0 Å². The molecule has 1 fully saturated rings. The largest absolute Gasteiger partial charge is 0.378 e. The summed E-state index contributed by atoms with van der Waals surface area (Å²) in [6.07, 6.45) is 4.84. The molecular weight excluding hydrogens is 342 g/mol. The minimum absolute atomic E-state index is 0.258. The molecule has 0 aliphatic carbocycles. The van der Waals surface area contributed by atoms with Crippen LogP contribution in [0.1, 0.15) is 10.5 Å². The Morgan fingerprint density at radius 2 is 1.81 bits per heavy atom. The predicted molar refractivity (Wildman–Crippen MR) is 103 cm³/mol. The number of hydrogen-bond acceptors (Lipinski definition) is 6. The summed E-state index contributed by atoms with van der Waals surface area (Å²) in [5.74, 6) is 0.612. The number of hydrogen-bond donors (Lipinski definition) is 1. The summed E-state index contributed by atoms with van der Waals surface area (Å²) in [7, 11) is 0. The van der Waals surface area contributed by atoms with Crippen LogP contribution in [0.5, 0.6) is 0 Å². The molecular formula is C20H19N5O2. The van der Waals surface area contributed by atoms with Gasteiger partial charge < -0.3 is 15.0 Å². The highest BCUT2D eigenvalue weighted by atomic mass is 16.5. The van der Waals surface area contributed by atoms with E-state index in [1.54, 1.807) is 12.4 Å². The van der Waals surface area contributed by atoms with Crippen LogP contribution in [0, 0.1) is 0 Å². The van der Waals surface area contributed by atoms with Crippen LogP contribution in [-0.2, 0) is 4.74 Å². The first-order valence-corrected chi connectivity index (χ1v) is 8.77. The highest BCUT2D eigenvalue weighted by Gasteiger charge is 2.14. The maximum Gasteiger partial charge on any atom is 0.275 e. The first-order chi connectivity index (χ1) is 13.3. The van der Waals surface area contributed by atoms with E-state index in [9.17, 15) is 4.79 Å². The number of para-hydroxylation sites is 1. The monoisotopic (exact) mass is 361 g/mol. The lowest BCUT2D eigenvalue weighted by Gasteiger charge is -2.27. The zero-order chi connectivity index (χ0) is 18.5. The quantitative estimate of drug-likeness (QED) is 0.769. The van der Waals surface area contributed by atoms with E-state index in [0.29, 0.717) is 24.6 Å². The molecule has 1 aliphatic rings. The molecule has 7 nitrogen and oxygen atoms in total. The maximum atomic E-state index is 12.4. The molecule has 1 saturated heterocycles. The lowest BCUT2D eigenvalue weighted by molar-refractivity contribution is 0.102. The van der Waals surface area contributed by atoms with Crippen molar-refractivity contribution in [3.05, 3.63) is 66.7 Å². The number of ether oxygens (including phenoxy) is 1. The van der Waals surface area contributed by atoms with Crippen molar-refractivity contribution in [1.29, 1.82) is 0 Å². The average Bonchev–Trinajstić information content (AvgIpc) is 2.75. The predicted octanol–water partition coefficient (Wildman–Crippen LogP) is 2.63. The average molecular weight is 361 g/mol. The fraction of sp³-hybridized carbons (Fsp3) is 0.200. The third-order valence-corrected chi connectivity index (χ3v) is 4.28. The Morgan fingerprint density at radius 1 is 1.00 bits per heavy atom. The number of nitrogens with zero attached hydrogens (tertiary/aromatic N) is 4. The lowest BCUT2D eigenvalue weighted by Crippen LogP contribution is -2.36. The second-order valence-electron chi connectivity index (χ2n) is 6.11. The van der Waals surface area contributed by atoms with Crippen LogP contribution < -0.4 is 10.2 Å². The van der Waals surface area contributed by atoms with E-state index >= 15 is 0 Å². The third-order valence-electron chi connectivity index (χ3n) is 4.28. The molecule has 0 bridgehead atoms. The highest BCUT2D eigenvalue weighted by molar-refractivity contribution is 6.02. The topological polar surface area (TPSA) is 80.2 Å². The van der Waals surface area contributed by atoms with Crippen molar-refractivity contribution in [1.82, 2.24) is 15.0 Å². The summed E-state index contributed by atoms with van der Waals surface area (Å²) >= 11 is 0. The fourth-order valence-corrected chi connectivity index (χ4v) is 2.85. The molecule has 27 heavy (non-hydrogen) atoms. The van der Waals surface area contributed by atoms with Crippen LogP contribution in [-0.4, -0.2) is 47.2 Å². The normalized spacial score (nSPS) is 14.0. The minimum Gasteiger partial charge on any atom is -0.378 e. The van der Waals surface area contributed by atoms with Crippen molar-refractivity contribution in [2.24, 2.45) is 0 Å². The van der Waals surface area contributed by atoms with Gasteiger partial charge in [0.1, 0.15) is 11.5 Å². The van der Waals surface area contributed by atoms with E-state index in [0.717, 1.165) is 24.5 Å². The Labute approximate surface area is 157 Å². The number of morpholine rings is 1. The Morgan fingerprint density at radius 3 is 2.56 bits per heavy atom. The van der Waals surface area contributed by atoms with Crippen molar-refractivity contribution in [3.63, 3.8) is 0 Å². The molecule has 7 heteroatoms. The van der Waals surface area contributed by atoms with Crippen molar-refractivity contribution in [2.45, 2.75) is 0 Å². The van der Waals surface area contributed by atoms with Crippen molar-refractivity contribution in [2.75, 3.05) is 36.5 Å². The second kappa shape index (κ2) is 7.92. The molecule has 1 amide bonds. The molecule has 0 radical (unpaired) electrons. The van der Waals surface area contributed by atoms with Crippen molar-refractivity contribution in [3.8, 4) is 11.3 Å². The van der Waals surface area contributed by atoms with Gasteiger partial charge in [-0.25, -0.2) is 9.97 Å². The van der Waals surface area contributed by atoms with Gasteiger partial charge >= 0.3 is 0 Å². The van der Waals surface area contributed by atoms with Crippen LogP contribution in [0.25, 0.3) is 11.3 Å².